The van der Waals surface area contributed by atoms with Gasteiger partial charge in [-0.2, -0.15) is 0 Å². The maximum absolute atomic E-state index is 11.9. The summed E-state index contributed by atoms with van der Waals surface area (Å²) in [6.07, 6.45) is 0.491. The Morgan fingerprint density at radius 3 is 2.50 bits per heavy atom. The van der Waals surface area contributed by atoms with Crippen LogP contribution >= 0.6 is 0 Å². The SMILES string of the molecule is CCOC(=O)C1(CO)CCN(CC(=O)OC(C)(C)C)C1. The molecule has 0 aromatic heterocycles. The normalized spacial score (nSPS) is 23.6. The van der Waals surface area contributed by atoms with Crippen LogP contribution in [0.25, 0.3) is 0 Å². The number of hydrogen-bond acceptors (Lipinski definition) is 6. The molecule has 0 saturated carbocycles. The van der Waals surface area contributed by atoms with E-state index < -0.39 is 17.0 Å². The third-order valence-electron chi connectivity index (χ3n) is 3.22. The molecule has 0 spiro atoms. The first-order valence-corrected chi connectivity index (χ1v) is 6.95. The average molecular weight is 287 g/mol. The lowest BCUT2D eigenvalue weighted by molar-refractivity contribution is -0.159. The molecule has 0 aliphatic carbocycles. The van der Waals surface area contributed by atoms with Crippen LogP contribution in [0.15, 0.2) is 0 Å². The van der Waals surface area contributed by atoms with Crippen LogP contribution in [0.5, 0.6) is 0 Å². The summed E-state index contributed by atoms with van der Waals surface area (Å²) in [6.45, 7) is 8.20. The van der Waals surface area contributed by atoms with Crippen molar-refractivity contribution in [2.24, 2.45) is 5.41 Å². The molecule has 0 aromatic carbocycles. The van der Waals surface area contributed by atoms with E-state index in [1.807, 2.05) is 25.7 Å². The number of ether oxygens (including phenoxy) is 2. The van der Waals surface area contributed by atoms with Crippen molar-refractivity contribution in [1.29, 1.82) is 0 Å². The summed E-state index contributed by atoms with van der Waals surface area (Å²) in [7, 11) is 0. The fourth-order valence-corrected chi connectivity index (χ4v) is 2.29. The van der Waals surface area contributed by atoms with Crippen molar-refractivity contribution in [3.8, 4) is 0 Å². The third-order valence-corrected chi connectivity index (χ3v) is 3.22. The lowest BCUT2D eigenvalue weighted by atomic mass is 9.88. The Morgan fingerprint density at radius 2 is 2.00 bits per heavy atom. The van der Waals surface area contributed by atoms with Gasteiger partial charge in [-0.25, -0.2) is 0 Å². The maximum atomic E-state index is 11.9. The molecular weight excluding hydrogens is 262 g/mol. The fraction of sp³-hybridized carbons (Fsp3) is 0.857. The van der Waals surface area contributed by atoms with Crippen molar-refractivity contribution in [3.63, 3.8) is 0 Å². The summed E-state index contributed by atoms with van der Waals surface area (Å²) in [6, 6.07) is 0. The van der Waals surface area contributed by atoms with Gasteiger partial charge in [-0.1, -0.05) is 0 Å². The molecule has 1 rings (SSSR count). The second-order valence-electron chi connectivity index (χ2n) is 6.21. The van der Waals surface area contributed by atoms with Gasteiger partial charge in [0.1, 0.15) is 11.0 Å². The van der Waals surface area contributed by atoms with Gasteiger partial charge in [0.2, 0.25) is 0 Å². The number of rotatable bonds is 5. The standard InChI is InChI=1S/C14H25NO5/c1-5-19-12(18)14(10-16)6-7-15(9-14)8-11(17)20-13(2,3)4/h16H,5-10H2,1-4H3. The molecular formula is C14H25NO5. The van der Waals surface area contributed by atoms with E-state index in [1.54, 1.807) is 6.92 Å². The van der Waals surface area contributed by atoms with Crippen LogP contribution in [0.3, 0.4) is 0 Å². The molecule has 1 aliphatic rings. The summed E-state index contributed by atoms with van der Waals surface area (Å²) in [5, 5.41) is 9.51. The van der Waals surface area contributed by atoms with Gasteiger partial charge < -0.3 is 14.6 Å². The molecule has 0 bridgehead atoms. The third kappa shape index (κ3) is 4.45. The van der Waals surface area contributed by atoms with E-state index in [0.717, 1.165) is 0 Å². The Morgan fingerprint density at radius 1 is 1.35 bits per heavy atom. The van der Waals surface area contributed by atoms with E-state index in [0.29, 0.717) is 19.5 Å². The Kier molecular flexibility index (Phi) is 5.53. The van der Waals surface area contributed by atoms with Crippen molar-refractivity contribution in [3.05, 3.63) is 0 Å². The first kappa shape index (κ1) is 16.9. The van der Waals surface area contributed by atoms with Crippen LogP contribution in [0, 0.1) is 5.41 Å². The summed E-state index contributed by atoms with van der Waals surface area (Å²) in [5.41, 5.74) is -1.43. The fourth-order valence-electron chi connectivity index (χ4n) is 2.29. The van der Waals surface area contributed by atoms with Gasteiger partial charge in [0.05, 0.1) is 19.8 Å². The highest BCUT2D eigenvalue weighted by Gasteiger charge is 2.46. The van der Waals surface area contributed by atoms with Crippen molar-refractivity contribution in [2.75, 3.05) is 32.8 Å². The van der Waals surface area contributed by atoms with Crippen LogP contribution in [-0.4, -0.2) is 60.4 Å². The van der Waals surface area contributed by atoms with Gasteiger partial charge in [-0.3, -0.25) is 14.5 Å². The van der Waals surface area contributed by atoms with Crippen LogP contribution in [-0.2, 0) is 19.1 Å². The largest absolute Gasteiger partial charge is 0.465 e. The first-order valence-electron chi connectivity index (χ1n) is 6.95. The summed E-state index contributed by atoms with van der Waals surface area (Å²) in [5.74, 6) is -0.718. The number of esters is 2. The van der Waals surface area contributed by atoms with Crippen LogP contribution in [0.4, 0.5) is 0 Å². The zero-order chi connectivity index (χ0) is 15.4. The predicted octanol–water partition coefficient (Wildman–Crippen LogP) is 0.576. The topological polar surface area (TPSA) is 76.1 Å². The predicted molar refractivity (Wildman–Crippen MR) is 73.1 cm³/mol. The molecule has 116 valence electrons. The molecule has 0 radical (unpaired) electrons. The number of likely N-dealkylation sites (tertiary alicyclic amines) is 1. The second-order valence-corrected chi connectivity index (χ2v) is 6.21. The molecule has 6 heteroatoms. The molecule has 1 fully saturated rings. The summed E-state index contributed by atoms with van der Waals surface area (Å²) < 4.78 is 10.3. The van der Waals surface area contributed by atoms with Gasteiger partial charge in [-0.05, 0) is 34.1 Å². The van der Waals surface area contributed by atoms with E-state index in [4.69, 9.17) is 9.47 Å². The van der Waals surface area contributed by atoms with Crippen LogP contribution in [0.2, 0.25) is 0 Å². The number of hydrogen-bond donors (Lipinski definition) is 1. The van der Waals surface area contributed by atoms with Crippen molar-refractivity contribution >= 4 is 11.9 Å². The number of nitrogens with zero attached hydrogens (tertiary/aromatic N) is 1. The molecule has 6 nitrogen and oxygen atoms in total. The van der Waals surface area contributed by atoms with E-state index in [-0.39, 0.29) is 25.7 Å². The van der Waals surface area contributed by atoms with Crippen LogP contribution in [0.1, 0.15) is 34.1 Å². The molecule has 0 aromatic rings. The lowest BCUT2D eigenvalue weighted by Crippen LogP contribution is -2.41. The number of aliphatic hydroxyl groups excluding tert-OH is 1. The van der Waals surface area contributed by atoms with E-state index in [9.17, 15) is 14.7 Å². The Balaban J connectivity index is 2.57. The molecule has 1 aliphatic heterocycles. The molecule has 1 heterocycles. The van der Waals surface area contributed by atoms with E-state index >= 15 is 0 Å². The second kappa shape index (κ2) is 6.54. The highest BCUT2D eigenvalue weighted by atomic mass is 16.6. The number of carbonyl (C=O) groups excluding carboxylic acids is 2. The van der Waals surface area contributed by atoms with Crippen molar-refractivity contribution < 1.29 is 24.2 Å². The average Bonchev–Trinajstić information content (AvgIpc) is 2.71. The Hall–Kier alpha value is -1.14. The molecule has 1 atom stereocenters. The van der Waals surface area contributed by atoms with Crippen molar-refractivity contribution in [1.82, 2.24) is 4.90 Å². The molecule has 1 saturated heterocycles. The first-order chi connectivity index (χ1) is 9.22. The lowest BCUT2D eigenvalue weighted by Gasteiger charge is -2.25. The molecule has 1 N–H and O–H groups in total. The number of carbonyl (C=O) groups is 2. The zero-order valence-corrected chi connectivity index (χ0v) is 12.8. The van der Waals surface area contributed by atoms with E-state index in [1.165, 1.54) is 0 Å². The zero-order valence-electron chi connectivity index (χ0n) is 12.8. The summed E-state index contributed by atoms with van der Waals surface area (Å²) in [4.78, 5) is 25.5. The van der Waals surface area contributed by atoms with Crippen LogP contribution < -0.4 is 0 Å². The molecule has 20 heavy (non-hydrogen) atoms. The van der Waals surface area contributed by atoms with Crippen molar-refractivity contribution in [2.45, 2.75) is 39.7 Å². The van der Waals surface area contributed by atoms with Gasteiger partial charge >= 0.3 is 11.9 Å². The minimum absolute atomic E-state index is 0.123. The van der Waals surface area contributed by atoms with E-state index in [2.05, 4.69) is 0 Å². The smallest absolute Gasteiger partial charge is 0.320 e. The Bertz CT molecular complexity index is 363. The Labute approximate surface area is 120 Å². The van der Waals surface area contributed by atoms with Gasteiger partial charge in [0.15, 0.2) is 0 Å². The molecule has 1 unspecified atom stereocenters. The highest BCUT2D eigenvalue weighted by Crippen LogP contribution is 2.31. The van der Waals surface area contributed by atoms with Gasteiger partial charge in [0.25, 0.3) is 0 Å². The quantitative estimate of drug-likeness (QED) is 0.745. The minimum Gasteiger partial charge on any atom is -0.465 e. The van der Waals surface area contributed by atoms with Gasteiger partial charge in [-0.15, -0.1) is 0 Å². The van der Waals surface area contributed by atoms with Gasteiger partial charge in [0, 0.05) is 13.1 Å². The highest BCUT2D eigenvalue weighted by molar-refractivity contribution is 5.78. The maximum Gasteiger partial charge on any atom is 0.320 e. The number of aliphatic hydroxyl groups is 1. The minimum atomic E-state index is -0.905. The summed E-state index contributed by atoms with van der Waals surface area (Å²) >= 11 is 0. The monoisotopic (exact) mass is 287 g/mol. The molecule has 0 amide bonds.